The number of methoxy groups -OCH3 is 1. The van der Waals surface area contributed by atoms with Gasteiger partial charge in [-0.05, 0) is 30.5 Å². The van der Waals surface area contributed by atoms with Crippen molar-refractivity contribution in [1.29, 1.82) is 0 Å². The van der Waals surface area contributed by atoms with E-state index in [1.807, 2.05) is 18.2 Å². The third-order valence-corrected chi connectivity index (χ3v) is 4.04. The molecule has 2 nitrogen and oxygen atoms in total. The van der Waals surface area contributed by atoms with Crippen molar-refractivity contribution < 1.29 is 9.47 Å². The summed E-state index contributed by atoms with van der Waals surface area (Å²) in [6.07, 6.45) is 1.95. The second kappa shape index (κ2) is 8.92. The van der Waals surface area contributed by atoms with Gasteiger partial charge in [-0.2, -0.15) is 0 Å². The van der Waals surface area contributed by atoms with Gasteiger partial charge in [0, 0.05) is 11.1 Å². The van der Waals surface area contributed by atoms with Crippen molar-refractivity contribution in [3.8, 4) is 11.5 Å². The maximum Gasteiger partial charge on any atom is 0.124 e. The molecule has 2 rings (SSSR count). The highest BCUT2D eigenvalue weighted by Gasteiger charge is 2.10. The number of ether oxygens (including phenoxy) is 2. The summed E-state index contributed by atoms with van der Waals surface area (Å²) in [7, 11) is 1.63. The Balaban J connectivity index is 1.96. The molecule has 2 aromatic carbocycles. The van der Waals surface area contributed by atoms with Crippen LogP contribution in [-0.4, -0.2) is 13.7 Å². The third kappa shape index (κ3) is 4.56. The second-order valence-corrected chi connectivity index (χ2v) is 5.51. The van der Waals surface area contributed by atoms with Gasteiger partial charge in [0.05, 0.1) is 25.5 Å². The van der Waals surface area contributed by atoms with E-state index in [1.165, 1.54) is 5.56 Å². The van der Waals surface area contributed by atoms with Crippen LogP contribution >= 0.6 is 23.2 Å². The molecular formula is C18H20Cl2O2. The van der Waals surface area contributed by atoms with Gasteiger partial charge in [0.15, 0.2) is 0 Å². The van der Waals surface area contributed by atoms with Crippen LogP contribution in [0.15, 0.2) is 42.5 Å². The maximum absolute atomic E-state index is 6.00. The van der Waals surface area contributed by atoms with Gasteiger partial charge in [-0.25, -0.2) is 0 Å². The van der Waals surface area contributed by atoms with Gasteiger partial charge >= 0.3 is 0 Å². The number of rotatable bonds is 8. The summed E-state index contributed by atoms with van der Waals surface area (Å²) >= 11 is 11.9. The molecule has 0 aromatic heterocycles. The van der Waals surface area contributed by atoms with E-state index >= 15 is 0 Å². The molecule has 0 aliphatic carbocycles. The van der Waals surface area contributed by atoms with E-state index in [-0.39, 0.29) is 0 Å². The fourth-order valence-corrected chi connectivity index (χ4v) is 2.70. The number of halogens is 2. The van der Waals surface area contributed by atoms with Crippen LogP contribution in [0, 0.1) is 0 Å². The Morgan fingerprint density at radius 1 is 0.909 bits per heavy atom. The number of hydrogen-bond acceptors (Lipinski definition) is 2. The first-order valence-corrected chi connectivity index (χ1v) is 8.33. The van der Waals surface area contributed by atoms with Gasteiger partial charge in [-0.1, -0.05) is 30.3 Å². The molecule has 0 spiro atoms. The van der Waals surface area contributed by atoms with Crippen molar-refractivity contribution >= 4 is 23.2 Å². The van der Waals surface area contributed by atoms with Crippen LogP contribution in [0.5, 0.6) is 11.5 Å². The number of aryl methyl sites for hydroxylation is 1. The van der Waals surface area contributed by atoms with Crippen LogP contribution in [0.1, 0.15) is 23.1 Å². The summed E-state index contributed by atoms with van der Waals surface area (Å²) < 4.78 is 11.2. The largest absolute Gasteiger partial charge is 0.496 e. The Morgan fingerprint density at radius 3 is 2.18 bits per heavy atom. The lowest BCUT2D eigenvalue weighted by Crippen LogP contribution is -2.03. The fourth-order valence-electron chi connectivity index (χ4n) is 2.28. The second-order valence-electron chi connectivity index (χ2n) is 4.98. The van der Waals surface area contributed by atoms with Crippen molar-refractivity contribution in [2.45, 2.75) is 24.6 Å². The molecule has 0 atom stereocenters. The van der Waals surface area contributed by atoms with E-state index in [9.17, 15) is 0 Å². The Hall–Kier alpha value is -1.38. The molecule has 2 aromatic rings. The van der Waals surface area contributed by atoms with Gasteiger partial charge < -0.3 is 9.47 Å². The first kappa shape index (κ1) is 17.0. The quantitative estimate of drug-likeness (QED) is 0.487. The van der Waals surface area contributed by atoms with Gasteiger partial charge in [0.2, 0.25) is 0 Å². The zero-order chi connectivity index (χ0) is 15.8. The molecule has 4 heteroatoms. The Kier molecular flexibility index (Phi) is 6.88. The van der Waals surface area contributed by atoms with E-state index in [1.54, 1.807) is 7.11 Å². The first-order valence-electron chi connectivity index (χ1n) is 7.27. The van der Waals surface area contributed by atoms with Crippen molar-refractivity contribution in [3.63, 3.8) is 0 Å². The van der Waals surface area contributed by atoms with E-state index in [0.717, 1.165) is 35.5 Å². The molecule has 22 heavy (non-hydrogen) atoms. The van der Waals surface area contributed by atoms with E-state index in [0.29, 0.717) is 18.4 Å². The smallest absolute Gasteiger partial charge is 0.124 e. The maximum atomic E-state index is 6.00. The van der Waals surface area contributed by atoms with Crippen LogP contribution < -0.4 is 9.47 Å². The molecule has 0 aliphatic rings. The van der Waals surface area contributed by atoms with E-state index in [4.69, 9.17) is 32.7 Å². The lowest BCUT2D eigenvalue weighted by Gasteiger charge is -2.14. The van der Waals surface area contributed by atoms with Crippen LogP contribution in [0.4, 0.5) is 0 Å². The monoisotopic (exact) mass is 338 g/mol. The first-order chi connectivity index (χ1) is 10.8. The minimum absolute atomic E-state index is 0.381. The molecule has 0 saturated heterocycles. The molecule has 0 unspecified atom stereocenters. The summed E-state index contributed by atoms with van der Waals surface area (Å²) in [5.74, 6) is 2.31. The molecular weight excluding hydrogens is 319 g/mol. The van der Waals surface area contributed by atoms with Gasteiger partial charge in [0.25, 0.3) is 0 Å². The molecule has 0 N–H and O–H groups in total. The van der Waals surface area contributed by atoms with Crippen molar-refractivity contribution in [1.82, 2.24) is 0 Å². The summed E-state index contributed by atoms with van der Waals surface area (Å²) in [6, 6.07) is 14.2. The Bertz CT molecular complexity index is 585. The molecule has 118 valence electrons. The Labute approximate surface area is 142 Å². The van der Waals surface area contributed by atoms with E-state index < -0.39 is 0 Å². The average Bonchev–Trinajstić information content (AvgIpc) is 2.58. The van der Waals surface area contributed by atoms with Gasteiger partial charge in [0.1, 0.15) is 11.5 Å². The lowest BCUT2D eigenvalue weighted by atomic mass is 10.1. The highest BCUT2D eigenvalue weighted by atomic mass is 35.5. The normalized spacial score (nSPS) is 10.5. The summed E-state index contributed by atoms with van der Waals surface area (Å²) in [5.41, 5.74) is 3.16. The third-order valence-electron chi connectivity index (χ3n) is 3.46. The zero-order valence-electron chi connectivity index (χ0n) is 12.6. The zero-order valence-corrected chi connectivity index (χ0v) is 14.2. The van der Waals surface area contributed by atoms with Crippen molar-refractivity contribution in [2.75, 3.05) is 13.7 Å². The minimum atomic E-state index is 0.381. The predicted molar refractivity (Wildman–Crippen MR) is 92.4 cm³/mol. The summed E-state index contributed by atoms with van der Waals surface area (Å²) in [5, 5.41) is 0. The molecule has 0 fully saturated rings. The number of alkyl halides is 2. The van der Waals surface area contributed by atoms with Gasteiger partial charge in [-0.3, -0.25) is 0 Å². The molecule has 0 saturated carbocycles. The Morgan fingerprint density at radius 2 is 1.55 bits per heavy atom. The molecule has 0 heterocycles. The van der Waals surface area contributed by atoms with Crippen molar-refractivity contribution in [3.05, 3.63) is 59.2 Å². The molecule has 0 aliphatic heterocycles. The van der Waals surface area contributed by atoms with Crippen LogP contribution in [-0.2, 0) is 18.2 Å². The number of hydrogen-bond donors (Lipinski definition) is 0. The lowest BCUT2D eigenvalue weighted by molar-refractivity contribution is 0.307. The molecule has 0 bridgehead atoms. The SMILES string of the molecule is COc1cc(CCl)c(OCCCc2ccccc2)cc1CCl. The van der Waals surface area contributed by atoms with Crippen LogP contribution in [0.2, 0.25) is 0 Å². The highest BCUT2D eigenvalue weighted by molar-refractivity contribution is 6.18. The summed E-state index contributed by atoms with van der Waals surface area (Å²) in [6.45, 7) is 0.646. The fraction of sp³-hybridized carbons (Fsp3) is 0.333. The summed E-state index contributed by atoms with van der Waals surface area (Å²) in [4.78, 5) is 0. The average molecular weight is 339 g/mol. The standard InChI is InChI=1S/C18H20Cl2O2/c1-21-17-10-16(13-20)18(11-15(17)12-19)22-9-5-8-14-6-3-2-4-7-14/h2-4,6-7,10-11H,5,8-9,12-13H2,1H3. The highest BCUT2D eigenvalue weighted by Crippen LogP contribution is 2.31. The van der Waals surface area contributed by atoms with Crippen LogP contribution in [0.3, 0.4) is 0 Å². The number of benzene rings is 2. The topological polar surface area (TPSA) is 18.5 Å². The molecule has 0 amide bonds. The van der Waals surface area contributed by atoms with Crippen molar-refractivity contribution in [2.24, 2.45) is 0 Å². The van der Waals surface area contributed by atoms with Gasteiger partial charge in [-0.15, -0.1) is 23.2 Å². The predicted octanol–water partition coefficient (Wildman–Crippen LogP) is 5.18. The van der Waals surface area contributed by atoms with Crippen LogP contribution in [0.25, 0.3) is 0 Å². The minimum Gasteiger partial charge on any atom is -0.496 e. The molecule has 0 radical (unpaired) electrons. The van der Waals surface area contributed by atoms with E-state index in [2.05, 4.69) is 24.3 Å².